The first-order chi connectivity index (χ1) is 16.0. The van der Waals surface area contributed by atoms with Gasteiger partial charge in [-0.1, -0.05) is 95.5 Å². The molecule has 1 aromatic rings. The van der Waals surface area contributed by atoms with Crippen molar-refractivity contribution in [3.8, 4) is 0 Å². The van der Waals surface area contributed by atoms with Crippen molar-refractivity contribution in [2.75, 3.05) is 0 Å². The summed E-state index contributed by atoms with van der Waals surface area (Å²) in [6.45, 7) is 17.2. The van der Waals surface area contributed by atoms with E-state index in [1.54, 1.807) is 24.3 Å². The van der Waals surface area contributed by atoms with E-state index in [4.69, 9.17) is 0 Å². The Kier molecular flexibility index (Phi) is 9.33. The van der Waals surface area contributed by atoms with Crippen LogP contribution in [0.2, 0.25) is 0 Å². The zero-order valence-electron chi connectivity index (χ0n) is 22.1. The summed E-state index contributed by atoms with van der Waals surface area (Å²) < 4.78 is 0. The predicted octanol–water partition coefficient (Wildman–Crippen LogP) is 7.48. The molecular weight excluding hydrogens is 422 g/mol. The molecule has 34 heavy (non-hydrogen) atoms. The molecule has 1 unspecified atom stereocenters. The molecule has 4 heteroatoms. The highest BCUT2D eigenvalue weighted by molar-refractivity contribution is 5.88. The molecule has 0 radical (unpaired) electrons. The molecule has 1 fully saturated rings. The molecule has 4 nitrogen and oxygen atoms in total. The van der Waals surface area contributed by atoms with Gasteiger partial charge >= 0.3 is 5.97 Å². The van der Waals surface area contributed by atoms with Crippen LogP contribution in [0, 0.1) is 22.2 Å². The number of carboxylic acid groups (broad SMARTS) is 1. The molecule has 1 aliphatic rings. The van der Waals surface area contributed by atoms with Gasteiger partial charge in [0, 0.05) is 0 Å². The highest BCUT2D eigenvalue weighted by Crippen LogP contribution is 2.57. The van der Waals surface area contributed by atoms with E-state index in [9.17, 15) is 14.7 Å². The SMILES string of the molecule is C=C[C@](C)(CC)C/C=C(\C)[C@]1(C)CCC[C@@](C)(C(=O)N[C@H](C(=O)O)c2ccccc2)C1CCC. The van der Waals surface area contributed by atoms with Gasteiger partial charge < -0.3 is 10.4 Å². The number of carboxylic acids is 1. The van der Waals surface area contributed by atoms with Crippen molar-refractivity contribution in [1.29, 1.82) is 0 Å². The largest absolute Gasteiger partial charge is 0.479 e. The van der Waals surface area contributed by atoms with E-state index >= 15 is 0 Å². The fraction of sp³-hybridized carbons (Fsp3) is 0.600. The summed E-state index contributed by atoms with van der Waals surface area (Å²) in [4.78, 5) is 25.9. The number of rotatable bonds is 11. The summed E-state index contributed by atoms with van der Waals surface area (Å²) in [5.41, 5.74) is 1.26. The van der Waals surface area contributed by atoms with Crippen molar-refractivity contribution in [3.05, 3.63) is 60.2 Å². The molecule has 1 saturated carbocycles. The van der Waals surface area contributed by atoms with Crippen LogP contribution in [-0.4, -0.2) is 17.0 Å². The standard InChI is InChI=1S/C30H45NO3/c1-8-15-24-29(6,22(4)18-21-28(5,9-2)10-3)19-14-20-30(24,7)27(34)31-25(26(32)33)23-16-12-11-13-17-23/h9,11-13,16-18,24-25H,2,8,10,14-15,19-21H2,1,3-7H3,(H,31,34)(H,32,33)/b22-18+/t24?,25-,28+,29-,30+/m0/s1. The summed E-state index contributed by atoms with van der Waals surface area (Å²) in [7, 11) is 0. The highest BCUT2D eigenvalue weighted by atomic mass is 16.4. The average Bonchev–Trinajstić information content (AvgIpc) is 2.83. The zero-order valence-corrected chi connectivity index (χ0v) is 22.1. The van der Waals surface area contributed by atoms with Gasteiger partial charge in [0.2, 0.25) is 5.91 Å². The molecule has 2 N–H and O–H groups in total. The number of aliphatic carboxylic acids is 1. The second kappa shape index (κ2) is 11.4. The van der Waals surface area contributed by atoms with E-state index in [1.807, 2.05) is 6.07 Å². The summed E-state index contributed by atoms with van der Waals surface area (Å²) in [5.74, 6) is -1.05. The Hall–Kier alpha value is -2.36. The number of carbonyl (C=O) groups is 2. The van der Waals surface area contributed by atoms with E-state index in [1.165, 1.54) is 5.57 Å². The second-order valence-electron chi connectivity index (χ2n) is 11.0. The van der Waals surface area contributed by atoms with Gasteiger partial charge in [-0.05, 0) is 61.3 Å². The smallest absolute Gasteiger partial charge is 0.330 e. The van der Waals surface area contributed by atoms with Crippen molar-refractivity contribution in [3.63, 3.8) is 0 Å². The van der Waals surface area contributed by atoms with Gasteiger partial charge in [0.25, 0.3) is 0 Å². The molecule has 0 bridgehead atoms. The van der Waals surface area contributed by atoms with Gasteiger partial charge in [-0.3, -0.25) is 4.79 Å². The average molecular weight is 468 g/mol. The van der Waals surface area contributed by atoms with Crippen molar-refractivity contribution >= 4 is 11.9 Å². The summed E-state index contributed by atoms with van der Waals surface area (Å²) >= 11 is 0. The van der Waals surface area contributed by atoms with Crippen LogP contribution in [0.15, 0.2) is 54.6 Å². The Morgan fingerprint density at radius 2 is 1.82 bits per heavy atom. The number of amides is 1. The van der Waals surface area contributed by atoms with Gasteiger partial charge in [0.15, 0.2) is 6.04 Å². The normalized spacial score (nSPS) is 27.9. The quantitative estimate of drug-likeness (QED) is 0.331. The minimum Gasteiger partial charge on any atom is -0.479 e. The molecule has 188 valence electrons. The lowest BCUT2D eigenvalue weighted by Gasteiger charge is -2.52. The van der Waals surface area contributed by atoms with Crippen LogP contribution in [0.1, 0.15) is 98.1 Å². The maximum Gasteiger partial charge on any atom is 0.330 e. The number of allylic oxidation sites excluding steroid dienone is 3. The number of hydrogen-bond acceptors (Lipinski definition) is 2. The van der Waals surface area contributed by atoms with Gasteiger partial charge in [-0.15, -0.1) is 6.58 Å². The number of nitrogens with one attached hydrogen (secondary N) is 1. The van der Waals surface area contributed by atoms with Crippen LogP contribution in [0.3, 0.4) is 0 Å². The van der Waals surface area contributed by atoms with E-state index < -0.39 is 17.4 Å². The molecule has 1 amide bonds. The lowest BCUT2D eigenvalue weighted by atomic mass is 9.52. The Balaban J connectivity index is 2.40. The second-order valence-corrected chi connectivity index (χ2v) is 11.0. The van der Waals surface area contributed by atoms with Crippen LogP contribution >= 0.6 is 0 Å². The minimum absolute atomic E-state index is 0.0671. The molecule has 0 aliphatic heterocycles. The Morgan fingerprint density at radius 3 is 2.35 bits per heavy atom. The fourth-order valence-corrected chi connectivity index (χ4v) is 5.76. The molecule has 1 aromatic carbocycles. The molecule has 5 atom stereocenters. The first kappa shape index (κ1) is 27.9. The topological polar surface area (TPSA) is 66.4 Å². The maximum atomic E-state index is 13.8. The Morgan fingerprint density at radius 1 is 1.21 bits per heavy atom. The molecule has 1 aliphatic carbocycles. The fourth-order valence-electron chi connectivity index (χ4n) is 5.76. The van der Waals surface area contributed by atoms with Gasteiger partial charge in [0.1, 0.15) is 0 Å². The number of hydrogen-bond donors (Lipinski definition) is 2. The van der Waals surface area contributed by atoms with Crippen molar-refractivity contribution < 1.29 is 14.7 Å². The Bertz CT molecular complexity index is 892. The van der Waals surface area contributed by atoms with Crippen molar-refractivity contribution in [1.82, 2.24) is 5.32 Å². The van der Waals surface area contributed by atoms with Crippen LogP contribution in [0.5, 0.6) is 0 Å². The molecular formula is C30H45NO3. The molecule has 0 aromatic heterocycles. The third-order valence-electron chi connectivity index (χ3n) is 8.76. The maximum absolute atomic E-state index is 13.8. The first-order valence-electron chi connectivity index (χ1n) is 12.9. The van der Waals surface area contributed by atoms with Crippen LogP contribution in [0.25, 0.3) is 0 Å². The van der Waals surface area contributed by atoms with Gasteiger partial charge in [0.05, 0.1) is 5.41 Å². The third kappa shape index (κ3) is 5.82. The monoisotopic (exact) mass is 467 g/mol. The first-order valence-corrected chi connectivity index (χ1v) is 12.9. The molecule has 0 saturated heterocycles. The highest BCUT2D eigenvalue weighted by Gasteiger charge is 2.53. The van der Waals surface area contributed by atoms with E-state index in [-0.39, 0.29) is 22.7 Å². The number of carbonyl (C=O) groups excluding carboxylic acids is 1. The zero-order chi connectivity index (χ0) is 25.6. The summed E-state index contributed by atoms with van der Waals surface area (Å²) in [6, 6.07) is 7.92. The predicted molar refractivity (Wildman–Crippen MR) is 140 cm³/mol. The summed E-state index contributed by atoms with van der Waals surface area (Å²) in [6.07, 6.45) is 11.1. The lowest BCUT2D eigenvalue weighted by Crippen LogP contribution is -2.53. The number of benzene rings is 1. The van der Waals surface area contributed by atoms with E-state index in [0.717, 1.165) is 44.9 Å². The molecule has 2 rings (SSSR count). The van der Waals surface area contributed by atoms with Crippen LogP contribution < -0.4 is 5.32 Å². The minimum atomic E-state index is -1.05. The van der Waals surface area contributed by atoms with E-state index in [2.05, 4.69) is 65.6 Å². The third-order valence-corrected chi connectivity index (χ3v) is 8.76. The lowest BCUT2D eigenvalue weighted by molar-refractivity contribution is -0.148. The molecule has 0 spiro atoms. The van der Waals surface area contributed by atoms with Gasteiger partial charge in [-0.2, -0.15) is 0 Å². The van der Waals surface area contributed by atoms with Gasteiger partial charge in [-0.25, -0.2) is 4.79 Å². The van der Waals surface area contributed by atoms with Crippen molar-refractivity contribution in [2.24, 2.45) is 22.2 Å². The molecule has 0 heterocycles. The van der Waals surface area contributed by atoms with Crippen molar-refractivity contribution in [2.45, 2.75) is 92.5 Å². The van der Waals surface area contributed by atoms with Crippen LogP contribution in [0.4, 0.5) is 0 Å². The van der Waals surface area contributed by atoms with Crippen LogP contribution in [-0.2, 0) is 9.59 Å². The summed E-state index contributed by atoms with van der Waals surface area (Å²) in [5, 5.41) is 12.8. The van der Waals surface area contributed by atoms with E-state index in [0.29, 0.717) is 5.56 Å². The Labute approximate surface area is 206 Å².